The number of nitrogens with zero attached hydrogens (tertiary/aromatic N) is 1. The van der Waals surface area contributed by atoms with Gasteiger partial charge in [0.25, 0.3) is 0 Å². The number of halogens is 3. The summed E-state index contributed by atoms with van der Waals surface area (Å²) in [5, 5.41) is 12.7. The molecular weight excluding hydrogens is 539 g/mol. The minimum Gasteiger partial charge on any atom is -0.368 e. The fraction of sp³-hybridized carbons (Fsp3) is 0.333. The van der Waals surface area contributed by atoms with Crippen LogP contribution in [0.4, 0.5) is 13.2 Å². The Bertz CT molecular complexity index is 1480. The van der Waals surface area contributed by atoms with Crippen LogP contribution in [0.3, 0.4) is 0 Å². The second-order valence-electron chi connectivity index (χ2n) is 10.4. The van der Waals surface area contributed by atoms with Crippen LogP contribution < -0.4 is 11.1 Å². The molecule has 4 rings (SSSR count). The first kappa shape index (κ1) is 29.3. The number of alkyl halides is 3. The molecule has 1 aliphatic rings. The molecule has 40 heavy (non-hydrogen) atoms. The second kappa shape index (κ2) is 11.4. The molecule has 210 valence electrons. The lowest BCUT2D eigenvalue weighted by atomic mass is 9.75. The molecule has 1 fully saturated rings. The van der Waals surface area contributed by atoms with Gasteiger partial charge in [-0.3, -0.25) is 10.1 Å². The summed E-state index contributed by atoms with van der Waals surface area (Å²) in [6.45, 7) is 0. The maximum atomic E-state index is 14.6. The molecule has 6 nitrogen and oxygen atoms in total. The van der Waals surface area contributed by atoms with Crippen molar-refractivity contribution in [2.75, 3.05) is 6.26 Å². The van der Waals surface area contributed by atoms with E-state index in [-0.39, 0.29) is 29.2 Å². The Balaban J connectivity index is 1.69. The van der Waals surface area contributed by atoms with Crippen LogP contribution in [0.5, 0.6) is 0 Å². The van der Waals surface area contributed by atoms with Gasteiger partial charge in [0.2, 0.25) is 5.91 Å². The topological polar surface area (TPSA) is 113 Å². The summed E-state index contributed by atoms with van der Waals surface area (Å²) in [7, 11) is -3.39. The molecule has 3 N–H and O–H groups in total. The van der Waals surface area contributed by atoms with Crippen LogP contribution in [0.1, 0.15) is 36.4 Å². The van der Waals surface area contributed by atoms with Gasteiger partial charge >= 0.3 is 6.18 Å². The molecule has 0 aliphatic heterocycles. The van der Waals surface area contributed by atoms with E-state index < -0.39 is 39.4 Å². The van der Waals surface area contributed by atoms with Crippen LogP contribution in [-0.2, 0) is 21.1 Å². The van der Waals surface area contributed by atoms with E-state index in [1.54, 1.807) is 42.5 Å². The van der Waals surface area contributed by atoms with Gasteiger partial charge in [-0.2, -0.15) is 18.4 Å². The molecule has 0 radical (unpaired) electrons. The molecule has 1 saturated carbocycles. The van der Waals surface area contributed by atoms with Gasteiger partial charge in [0.1, 0.15) is 11.6 Å². The van der Waals surface area contributed by atoms with E-state index in [1.165, 1.54) is 36.4 Å². The van der Waals surface area contributed by atoms with E-state index in [2.05, 4.69) is 11.4 Å². The summed E-state index contributed by atoms with van der Waals surface area (Å²) in [5.74, 6) is -2.12. The maximum absolute atomic E-state index is 14.6. The Kier molecular flexibility index (Phi) is 8.38. The molecular formula is C30H30F3N3O3S. The van der Waals surface area contributed by atoms with E-state index in [9.17, 15) is 31.6 Å². The number of carbonyl (C=O) groups excluding carboxylic acids is 1. The highest BCUT2D eigenvalue weighted by atomic mass is 32.2. The number of hydrogen-bond donors (Lipinski definition) is 2. The predicted molar refractivity (Wildman–Crippen MR) is 145 cm³/mol. The van der Waals surface area contributed by atoms with Gasteiger partial charge in [0.15, 0.2) is 9.84 Å². The number of nitriles is 1. The number of amides is 1. The number of carbonyl (C=O) groups is 1. The summed E-state index contributed by atoms with van der Waals surface area (Å²) < 4.78 is 67.2. The van der Waals surface area contributed by atoms with Gasteiger partial charge in [-0.15, -0.1) is 0 Å². The average Bonchev–Trinajstić information content (AvgIpc) is 3.73. The van der Waals surface area contributed by atoms with E-state index in [4.69, 9.17) is 5.73 Å². The normalized spacial score (nSPS) is 16.9. The fourth-order valence-electron chi connectivity index (χ4n) is 4.98. The molecule has 3 aromatic carbocycles. The van der Waals surface area contributed by atoms with Crippen LogP contribution >= 0.6 is 0 Å². The van der Waals surface area contributed by atoms with Crippen molar-refractivity contribution in [3.63, 3.8) is 0 Å². The van der Waals surface area contributed by atoms with Crippen LogP contribution in [0.25, 0.3) is 11.1 Å². The molecule has 10 heteroatoms. The Morgan fingerprint density at radius 3 is 2.00 bits per heavy atom. The third-order valence-corrected chi connectivity index (χ3v) is 8.50. The van der Waals surface area contributed by atoms with E-state index in [0.29, 0.717) is 16.7 Å². The standard InChI is InChI=1S/C30H30F3N3O3S/c1-40(38,39)26-15-13-23(14-16-26)22-9-11-24(12-10-22)27(30(31,32)33)36-29(28(35)37,18-21-7-8-21)25(19-34)17-20-5-3-2-4-6-20/h2-6,9-16,21,25,27,36H,7-8,17-18H2,1H3,(H2,35,37)/t25-,27+,29?/m1/s1. The van der Waals surface area contributed by atoms with Crippen molar-refractivity contribution in [3.05, 3.63) is 90.0 Å². The van der Waals surface area contributed by atoms with Gasteiger partial charge in [0, 0.05) is 6.26 Å². The second-order valence-corrected chi connectivity index (χ2v) is 12.4. The lowest BCUT2D eigenvalue weighted by molar-refractivity contribution is -0.166. The van der Waals surface area contributed by atoms with Gasteiger partial charge in [-0.05, 0) is 53.1 Å². The summed E-state index contributed by atoms with van der Waals surface area (Å²) in [6, 6.07) is 20.3. The van der Waals surface area contributed by atoms with Crippen LogP contribution in [-0.4, -0.2) is 32.3 Å². The smallest absolute Gasteiger partial charge is 0.368 e. The fourth-order valence-corrected chi connectivity index (χ4v) is 5.61. The van der Waals surface area contributed by atoms with Crippen molar-refractivity contribution < 1.29 is 26.4 Å². The number of hydrogen-bond acceptors (Lipinski definition) is 5. The molecule has 1 aliphatic carbocycles. The quantitative estimate of drug-likeness (QED) is 0.323. The lowest BCUT2D eigenvalue weighted by Gasteiger charge is -2.40. The highest BCUT2D eigenvalue weighted by Gasteiger charge is 2.53. The number of sulfone groups is 1. The largest absolute Gasteiger partial charge is 0.407 e. The Morgan fingerprint density at radius 2 is 1.55 bits per heavy atom. The summed E-state index contributed by atoms with van der Waals surface area (Å²) in [5.41, 5.74) is 5.71. The zero-order valence-electron chi connectivity index (χ0n) is 21.9. The molecule has 0 bridgehead atoms. The molecule has 1 unspecified atom stereocenters. The minimum atomic E-state index is -4.80. The van der Waals surface area contributed by atoms with Gasteiger partial charge in [0.05, 0.1) is 16.9 Å². The van der Waals surface area contributed by atoms with E-state index in [1.807, 2.05) is 0 Å². The van der Waals surface area contributed by atoms with Crippen LogP contribution in [0.2, 0.25) is 0 Å². The zero-order chi connectivity index (χ0) is 29.1. The first-order valence-electron chi connectivity index (χ1n) is 12.8. The number of benzene rings is 3. The van der Waals surface area contributed by atoms with Crippen molar-refractivity contribution in [1.82, 2.24) is 5.32 Å². The Labute approximate surface area is 231 Å². The zero-order valence-corrected chi connectivity index (χ0v) is 22.7. The van der Waals surface area contributed by atoms with Crippen molar-refractivity contribution >= 4 is 15.7 Å². The number of primary amides is 1. The van der Waals surface area contributed by atoms with Crippen LogP contribution in [0.15, 0.2) is 83.8 Å². The van der Waals surface area contributed by atoms with Crippen molar-refractivity contribution in [2.45, 2.75) is 48.3 Å². The van der Waals surface area contributed by atoms with Crippen molar-refractivity contribution in [1.29, 1.82) is 5.26 Å². The lowest BCUT2D eigenvalue weighted by Crippen LogP contribution is -2.63. The van der Waals surface area contributed by atoms with Gasteiger partial charge in [-0.1, -0.05) is 79.6 Å². The number of nitrogens with one attached hydrogen (secondary N) is 1. The Hall–Kier alpha value is -3.68. The van der Waals surface area contributed by atoms with E-state index >= 15 is 0 Å². The molecule has 3 atom stereocenters. The summed E-state index contributed by atoms with van der Waals surface area (Å²) in [6.07, 6.45) is -2.10. The molecule has 0 saturated heterocycles. The van der Waals surface area contributed by atoms with E-state index in [0.717, 1.165) is 19.1 Å². The monoisotopic (exact) mass is 569 g/mol. The molecule has 0 heterocycles. The third-order valence-electron chi connectivity index (χ3n) is 7.37. The van der Waals surface area contributed by atoms with Crippen LogP contribution in [0, 0.1) is 23.2 Å². The molecule has 1 amide bonds. The molecule has 3 aromatic rings. The Morgan fingerprint density at radius 1 is 1.00 bits per heavy atom. The summed E-state index contributed by atoms with van der Waals surface area (Å²) >= 11 is 0. The average molecular weight is 570 g/mol. The third kappa shape index (κ3) is 6.72. The molecule has 0 aromatic heterocycles. The number of nitrogens with two attached hydrogens (primary N) is 1. The van der Waals surface area contributed by atoms with Crippen molar-refractivity contribution in [3.8, 4) is 17.2 Å². The first-order chi connectivity index (χ1) is 18.8. The van der Waals surface area contributed by atoms with Crippen molar-refractivity contribution in [2.24, 2.45) is 17.6 Å². The minimum absolute atomic E-state index is 0.00205. The van der Waals surface area contributed by atoms with Gasteiger partial charge in [-0.25, -0.2) is 8.42 Å². The first-order valence-corrected chi connectivity index (χ1v) is 14.7. The predicted octanol–water partition coefficient (Wildman–Crippen LogP) is 5.36. The highest BCUT2D eigenvalue weighted by molar-refractivity contribution is 7.90. The molecule has 0 spiro atoms. The SMILES string of the molecule is CS(=O)(=O)c1ccc(-c2ccc([C@H](NC(CC3CC3)(C(N)=O)[C@@H](C#N)Cc3ccccc3)C(F)(F)F)cc2)cc1. The highest BCUT2D eigenvalue weighted by Crippen LogP contribution is 2.43. The number of rotatable bonds is 11. The maximum Gasteiger partial charge on any atom is 0.407 e. The summed E-state index contributed by atoms with van der Waals surface area (Å²) in [4.78, 5) is 13.1. The van der Waals surface area contributed by atoms with Gasteiger partial charge < -0.3 is 5.73 Å².